The molecular formula is C19H21N5O5. The van der Waals surface area contributed by atoms with Crippen LogP contribution >= 0.6 is 0 Å². The number of anilines is 2. The zero-order valence-corrected chi connectivity index (χ0v) is 16.1. The van der Waals surface area contributed by atoms with Crippen LogP contribution in [0.5, 0.6) is 0 Å². The van der Waals surface area contributed by atoms with Gasteiger partial charge in [0, 0.05) is 44.3 Å². The Kier molecular flexibility index (Phi) is 6.22. The minimum atomic E-state index is -0.621. The van der Waals surface area contributed by atoms with Crippen LogP contribution in [0.25, 0.3) is 0 Å². The first kappa shape index (κ1) is 20.1. The van der Waals surface area contributed by atoms with E-state index in [1.54, 1.807) is 23.5 Å². The van der Waals surface area contributed by atoms with Gasteiger partial charge in [0.2, 0.25) is 0 Å². The third-order valence-electron chi connectivity index (χ3n) is 4.47. The van der Waals surface area contributed by atoms with Crippen molar-refractivity contribution in [3.63, 3.8) is 0 Å². The lowest BCUT2D eigenvalue weighted by atomic mass is 10.1. The largest absolute Gasteiger partial charge is 0.465 e. The molecular weight excluding hydrogens is 378 g/mol. The summed E-state index contributed by atoms with van der Waals surface area (Å²) in [5.41, 5.74) is 0.575. The highest BCUT2D eigenvalue weighted by atomic mass is 16.5. The molecule has 0 atom stereocenters. The molecule has 0 radical (unpaired) electrons. The second-order valence-corrected chi connectivity index (χ2v) is 6.25. The van der Waals surface area contributed by atoms with Gasteiger partial charge < -0.3 is 24.6 Å². The maximum Gasteiger partial charge on any atom is 0.337 e. The van der Waals surface area contributed by atoms with Crippen LogP contribution in [0.15, 0.2) is 36.8 Å². The molecule has 29 heavy (non-hydrogen) atoms. The zero-order valence-electron chi connectivity index (χ0n) is 16.1. The van der Waals surface area contributed by atoms with Gasteiger partial charge in [-0.3, -0.25) is 4.98 Å². The topological polar surface area (TPSA) is 114 Å². The Hall–Kier alpha value is -3.69. The van der Waals surface area contributed by atoms with Crippen molar-refractivity contribution in [1.82, 2.24) is 14.9 Å². The number of carbonyl (C=O) groups is 3. The first-order valence-corrected chi connectivity index (χ1v) is 8.90. The summed E-state index contributed by atoms with van der Waals surface area (Å²) in [5.74, 6) is -0.478. The van der Waals surface area contributed by atoms with Crippen molar-refractivity contribution >= 4 is 29.5 Å². The Morgan fingerprint density at radius 2 is 1.55 bits per heavy atom. The van der Waals surface area contributed by atoms with Gasteiger partial charge in [-0.15, -0.1) is 0 Å². The van der Waals surface area contributed by atoms with Gasteiger partial charge in [0.15, 0.2) is 0 Å². The number of ether oxygens (including phenoxy) is 2. The molecule has 1 aliphatic rings. The third-order valence-corrected chi connectivity index (χ3v) is 4.47. The van der Waals surface area contributed by atoms with Gasteiger partial charge in [0.1, 0.15) is 5.82 Å². The van der Waals surface area contributed by atoms with Gasteiger partial charge >= 0.3 is 18.0 Å². The molecule has 10 heteroatoms. The summed E-state index contributed by atoms with van der Waals surface area (Å²) in [6, 6.07) is 3.92. The number of piperazine rings is 1. The van der Waals surface area contributed by atoms with E-state index < -0.39 is 11.9 Å². The highest BCUT2D eigenvalue weighted by molar-refractivity contribution is 5.99. The number of benzene rings is 1. The molecule has 1 N–H and O–H groups in total. The molecule has 0 aliphatic carbocycles. The molecule has 2 heterocycles. The number of hydrogen-bond acceptors (Lipinski definition) is 8. The Morgan fingerprint density at radius 3 is 2.07 bits per heavy atom. The van der Waals surface area contributed by atoms with E-state index >= 15 is 0 Å². The van der Waals surface area contributed by atoms with Gasteiger partial charge in [0.25, 0.3) is 0 Å². The van der Waals surface area contributed by atoms with E-state index in [4.69, 9.17) is 9.47 Å². The van der Waals surface area contributed by atoms with E-state index in [2.05, 4.69) is 15.3 Å². The summed E-state index contributed by atoms with van der Waals surface area (Å²) in [4.78, 5) is 48.4. The molecule has 1 fully saturated rings. The molecule has 0 spiro atoms. The zero-order chi connectivity index (χ0) is 20.8. The first-order chi connectivity index (χ1) is 14.0. The standard InChI is InChI=1S/C19H21N5O5/c1-28-17(25)13-9-14(18(26)29-2)11-15(10-13)22-19(27)24-7-5-23(6-8-24)16-12-20-3-4-21-16/h3-4,9-12H,5-8H2,1-2H3,(H,22,27). The van der Waals surface area contributed by atoms with Crippen LogP contribution in [0.2, 0.25) is 0 Å². The highest BCUT2D eigenvalue weighted by Crippen LogP contribution is 2.18. The Morgan fingerprint density at radius 1 is 0.931 bits per heavy atom. The molecule has 1 aliphatic heterocycles. The van der Waals surface area contributed by atoms with Crippen molar-refractivity contribution in [1.29, 1.82) is 0 Å². The molecule has 0 bridgehead atoms. The van der Waals surface area contributed by atoms with Crippen molar-refractivity contribution in [3.05, 3.63) is 47.9 Å². The van der Waals surface area contributed by atoms with Crippen LogP contribution < -0.4 is 10.2 Å². The summed E-state index contributed by atoms with van der Waals surface area (Å²) in [5, 5.41) is 2.73. The number of nitrogens with zero attached hydrogens (tertiary/aromatic N) is 4. The van der Waals surface area contributed by atoms with Gasteiger partial charge in [-0.25, -0.2) is 19.4 Å². The van der Waals surface area contributed by atoms with Crippen molar-refractivity contribution in [2.75, 3.05) is 50.6 Å². The number of carbonyl (C=O) groups excluding carboxylic acids is 3. The number of hydrogen-bond donors (Lipinski definition) is 1. The van der Waals surface area contributed by atoms with Crippen LogP contribution in [0, 0.1) is 0 Å². The number of nitrogens with one attached hydrogen (secondary N) is 1. The second kappa shape index (κ2) is 9.00. The molecule has 0 unspecified atom stereocenters. The molecule has 2 aromatic rings. The third kappa shape index (κ3) is 4.78. The van der Waals surface area contributed by atoms with Crippen LogP contribution in [0.4, 0.5) is 16.3 Å². The molecule has 10 nitrogen and oxygen atoms in total. The van der Waals surface area contributed by atoms with E-state index in [9.17, 15) is 14.4 Å². The maximum absolute atomic E-state index is 12.6. The van der Waals surface area contributed by atoms with E-state index in [-0.39, 0.29) is 17.2 Å². The molecule has 0 saturated carbocycles. The average Bonchev–Trinajstić information content (AvgIpc) is 2.78. The van der Waals surface area contributed by atoms with Crippen LogP contribution in [-0.2, 0) is 9.47 Å². The molecule has 152 valence electrons. The van der Waals surface area contributed by atoms with Crippen LogP contribution in [0.1, 0.15) is 20.7 Å². The molecule has 2 amide bonds. The normalized spacial score (nSPS) is 13.6. The number of rotatable bonds is 4. The molecule has 1 aromatic heterocycles. The fourth-order valence-corrected chi connectivity index (χ4v) is 2.97. The molecule has 1 aromatic carbocycles. The lowest BCUT2D eigenvalue weighted by Crippen LogP contribution is -2.50. The van der Waals surface area contributed by atoms with Crippen molar-refractivity contribution < 1.29 is 23.9 Å². The summed E-state index contributed by atoms with van der Waals surface area (Å²) in [7, 11) is 2.48. The number of methoxy groups -OCH3 is 2. The first-order valence-electron chi connectivity index (χ1n) is 8.90. The van der Waals surface area contributed by atoms with Crippen molar-refractivity contribution in [2.45, 2.75) is 0 Å². The van der Waals surface area contributed by atoms with E-state index in [0.717, 1.165) is 5.82 Å². The van der Waals surface area contributed by atoms with E-state index in [1.807, 2.05) is 4.90 Å². The van der Waals surface area contributed by atoms with Crippen molar-refractivity contribution in [2.24, 2.45) is 0 Å². The van der Waals surface area contributed by atoms with E-state index in [0.29, 0.717) is 31.9 Å². The smallest absolute Gasteiger partial charge is 0.337 e. The Balaban J connectivity index is 1.68. The van der Waals surface area contributed by atoms with Crippen molar-refractivity contribution in [3.8, 4) is 0 Å². The highest BCUT2D eigenvalue weighted by Gasteiger charge is 2.23. The maximum atomic E-state index is 12.6. The number of aromatic nitrogens is 2. The van der Waals surface area contributed by atoms with Gasteiger partial charge in [0.05, 0.1) is 31.5 Å². The molecule has 3 rings (SSSR count). The predicted octanol–water partition coefficient (Wildman–Crippen LogP) is 1.40. The summed E-state index contributed by atoms with van der Waals surface area (Å²) in [6.45, 7) is 2.20. The van der Waals surface area contributed by atoms with Crippen LogP contribution in [0.3, 0.4) is 0 Å². The fraction of sp³-hybridized carbons (Fsp3) is 0.316. The quantitative estimate of drug-likeness (QED) is 0.768. The Bertz CT molecular complexity index is 863. The lowest BCUT2D eigenvalue weighted by molar-refractivity contribution is 0.0599. The minimum Gasteiger partial charge on any atom is -0.465 e. The SMILES string of the molecule is COC(=O)c1cc(NC(=O)N2CCN(c3cnccn3)CC2)cc(C(=O)OC)c1. The Labute approximate surface area is 167 Å². The molecule has 1 saturated heterocycles. The predicted molar refractivity (Wildman–Crippen MR) is 104 cm³/mol. The van der Waals surface area contributed by atoms with Gasteiger partial charge in [-0.2, -0.15) is 0 Å². The summed E-state index contributed by atoms with van der Waals surface area (Å²) in [6.07, 6.45) is 4.92. The second-order valence-electron chi connectivity index (χ2n) is 6.25. The van der Waals surface area contributed by atoms with Crippen LogP contribution in [-0.4, -0.2) is 73.2 Å². The fourth-order valence-electron chi connectivity index (χ4n) is 2.97. The van der Waals surface area contributed by atoms with Gasteiger partial charge in [-0.1, -0.05) is 0 Å². The number of esters is 2. The monoisotopic (exact) mass is 399 g/mol. The average molecular weight is 399 g/mol. The lowest BCUT2D eigenvalue weighted by Gasteiger charge is -2.35. The number of urea groups is 1. The number of amides is 2. The summed E-state index contributed by atoms with van der Waals surface area (Å²) < 4.78 is 9.41. The van der Waals surface area contributed by atoms with Gasteiger partial charge in [-0.05, 0) is 18.2 Å². The minimum absolute atomic E-state index is 0.137. The summed E-state index contributed by atoms with van der Waals surface area (Å²) >= 11 is 0. The van der Waals surface area contributed by atoms with E-state index in [1.165, 1.54) is 32.4 Å².